The number of hydrogen-bond donors (Lipinski definition) is 2. The van der Waals surface area contributed by atoms with Gasteiger partial charge in [0.15, 0.2) is 0 Å². The lowest BCUT2D eigenvalue weighted by atomic mass is 10.1. The highest BCUT2D eigenvalue weighted by molar-refractivity contribution is 6.17. The van der Waals surface area contributed by atoms with Gasteiger partial charge in [-0.1, -0.05) is 24.3 Å². The molecule has 0 unspecified atom stereocenters. The first-order chi connectivity index (χ1) is 13.5. The first-order valence-electron chi connectivity index (χ1n) is 8.59. The zero-order valence-electron chi connectivity index (χ0n) is 14.9. The monoisotopic (exact) mass is 369 g/mol. The van der Waals surface area contributed by atoms with E-state index in [1.807, 2.05) is 34.9 Å². The van der Waals surface area contributed by atoms with Crippen molar-refractivity contribution in [2.24, 2.45) is 0 Å². The molecular weight excluding hydrogens is 354 g/mol. The minimum absolute atomic E-state index is 0.225. The smallest absolute Gasteiger partial charge is 0.336 e. The Morgan fingerprint density at radius 3 is 2.50 bits per heavy atom. The number of amides is 1. The van der Waals surface area contributed by atoms with Gasteiger partial charge in [0.1, 0.15) is 6.07 Å². The van der Waals surface area contributed by atoms with Crippen LogP contribution in [-0.2, 0) is 4.79 Å². The number of rotatable bonds is 3. The molecule has 1 heterocycles. The van der Waals surface area contributed by atoms with Crippen LogP contribution in [0.2, 0.25) is 0 Å². The maximum absolute atomic E-state index is 11.8. The van der Waals surface area contributed by atoms with Gasteiger partial charge in [-0.3, -0.25) is 4.79 Å². The van der Waals surface area contributed by atoms with Crippen LogP contribution >= 0.6 is 0 Å². The molecule has 0 atom stereocenters. The summed E-state index contributed by atoms with van der Waals surface area (Å²) < 4.78 is 1.93. The molecule has 2 N–H and O–H groups in total. The van der Waals surface area contributed by atoms with Crippen LogP contribution in [-0.4, -0.2) is 21.6 Å². The average molecular weight is 369 g/mol. The number of aromatic carboxylic acids is 1. The minimum atomic E-state index is -0.993. The van der Waals surface area contributed by atoms with Crippen molar-refractivity contribution in [3.8, 4) is 11.8 Å². The summed E-state index contributed by atoms with van der Waals surface area (Å²) in [6.07, 6.45) is 0. The fraction of sp³-hybridized carbons (Fsp3) is 0.0455. The van der Waals surface area contributed by atoms with Gasteiger partial charge in [0.2, 0.25) is 5.91 Å². The summed E-state index contributed by atoms with van der Waals surface area (Å²) in [6.45, 7) is 1.38. The van der Waals surface area contributed by atoms with Gasteiger partial charge < -0.3 is 15.0 Å². The number of para-hydroxylation sites is 1. The second-order valence-electron chi connectivity index (χ2n) is 6.38. The number of carboxylic acids is 1. The van der Waals surface area contributed by atoms with Gasteiger partial charge in [-0.2, -0.15) is 5.26 Å². The zero-order valence-corrected chi connectivity index (χ0v) is 14.9. The number of carboxylic acid groups (broad SMARTS) is 1. The Labute approximate surface area is 160 Å². The highest BCUT2D eigenvalue weighted by Crippen LogP contribution is 2.35. The van der Waals surface area contributed by atoms with E-state index in [9.17, 15) is 20.0 Å². The van der Waals surface area contributed by atoms with E-state index < -0.39 is 5.97 Å². The quantitative estimate of drug-likeness (QED) is 0.562. The lowest BCUT2D eigenvalue weighted by Gasteiger charge is -2.11. The van der Waals surface area contributed by atoms with Gasteiger partial charge in [0, 0.05) is 23.4 Å². The number of nitrogens with one attached hydrogen (secondary N) is 1. The third-order valence-corrected chi connectivity index (χ3v) is 4.62. The van der Waals surface area contributed by atoms with Crippen LogP contribution in [0.5, 0.6) is 0 Å². The summed E-state index contributed by atoms with van der Waals surface area (Å²) in [6, 6.07) is 19.9. The zero-order chi connectivity index (χ0) is 19.8. The van der Waals surface area contributed by atoms with Gasteiger partial charge in [-0.25, -0.2) is 4.79 Å². The lowest BCUT2D eigenvalue weighted by molar-refractivity contribution is -0.114. The van der Waals surface area contributed by atoms with Crippen molar-refractivity contribution < 1.29 is 14.7 Å². The molecule has 6 nitrogen and oxygen atoms in total. The van der Waals surface area contributed by atoms with Crippen LogP contribution in [0.3, 0.4) is 0 Å². The molecule has 28 heavy (non-hydrogen) atoms. The highest BCUT2D eigenvalue weighted by atomic mass is 16.4. The van der Waals surface area contributed by atoms with Crippen molar-refractivity contribution in [1.82, 2.24) is 4.57 Å². The number of hydrogen-bond acceptors (Lipinski definition) is 3. The fourth-order valence-electron chi connectivity index (χ4n) is 3.54. The fourth-order valence-corrected chi connectivity index (χ4v) is 3.54. The Balaban J connectivity index is 2.10. The van der Waals surface area contributed by atoms with Gasteiger partial charge in [0.25, 0.3) is 0 Å². The topological polar surface area (TPSA) is 95.1 Å². The van der Waals surface area contributed by atoms with Crippen LogP contribution in [0.4, 0.5) is 5.69 Å². The van der Waals surface area contributed by atoms with E-state index in [0.717, 1.165) is 22.1 Å². The molecular formula is C22H15N3O3. The maximum Gasteiger partial charge on any atom is 0.336 e. The number of anilines is 1. The molecule has 0 fully saturated rings. The van der Waals surface area contributed by atoms with Crippen LogP contribution in [0.1, 0.15) is 22.8 Å². The Bertz CT molecular complexity index is 1310. The van der Waals surface area contributed by atoms with E-state index in [1.165, 1.54) is 6.92 Å². The van der Waals surface area contributed by atoms with E-state index in [-0.39, 0.29) is 11.5 Å². The largest absolute Gasteiger partial charge is 0.478 e. The van der Waals surface area contributed by atoms with Crippen LogP contribution in [0.15, 0.2) is 60.7 Å². The molecule has 4 aromatic rings. The molecule has 136 valence electrons. The SMILES string of the molecule is CC(=O)Nc1cc(-n2c3ccccc3c3c(C(=O)O)cccc32)ccc1C#N. The van der Waals surface area contributed by atoms with Gasteiger partial charge in [-0.05, 0) is 36.4 Å². The van der Waals surface area contributed by atoms with Crippen molar-refractivity contribution in [3.63, 3.8) is 0 Å². The van der Waals surface area contributed by atoms with E-state index in [2.05, 4.69) is 11.4 Å². The summed E-state index contributed by atoms with van der Waals surface area (Å²) >= 11 is 0. The molecule has 1 aromatic heterocycles. The highest BCUT2D eigenvalue weighted by Gasteiger charge is 2.18. The number of nitrogens with zero attached hydrogens (tertiary/aromatic N) is 2. The van der Waals surface area contributed by atoms with E-state index >= 15 is 0 Å². The molecule has 0 saturated carbocycles. The number of aromatic nitrogens is 1. The standard InChI is InChI=1S/C22H15N3O3/c1-13(26)24-18-11-15(10-9-14(18)12-23)25-19-7-3-2-5-16(19)21-17(22(27)28)6-4-8-20(21)25/h2-11H,1H3,(H,24,26)(H,27,28). The van der Waals surface area contributed by atoms with E-state index in [0.29, 0.717) is 16.6 Å². The first-order valence-corrected chi connectivity index (χ1v) is 8.59. The Morgan fingerprint density at radius 2 is 1.79 bits per heavy atom. The van der Waals surface area contributed by atoms with Crippen molar-refractivity contribution in [1.29, 1.82) is 5.26 Å². The number of carbonyl (C=O) groups excluding carboxylic acids is 1. The van der Waals surface area contributed by atoms with Crippen LogP contribution in [0.25, 0.3) is 27.5 Å². The summed E-state index contributed by atoms with van der Waals surface area (Å²) in [4.78, 5) is 23.3. The molecule has 0 aliphatic rings. The summed E-state index contributed by atoms with van der Waals surface area (Å²) in [5.41, 5.74) is 3.28. The maximum atomic E-state index is 11.8. The summed E-state index contributed by atoms with van der Waals surface area (Å²) in [7, 11) is 0. The second kappa shape index (κ2) is 6.56. The average Bonchev–Trinajstić information content (AvgIpc) is 3.02. The van der Waals surface area contributed by atoms with Crippen molar-refractivity contribution in [2.45, 2.75) is 6.92 Å². The molecule has 6 heteroatoms. The van der Waals surface area contributed by atoms with E-state index in [1.54, 1.807) is 30.3 Å². The summed E-state index contributed by atoms with van der Waals surface area (Å²) in [5, 5.41) is 23.1. The molecule has 0 spiro atoms. The molecule has 3 aromatic carbocycles. The van der Waals surface area contributed by atoms with Crippen LogP contribution in [0, 0.1) is 11.3 Å². The van der Waals surface area contributed by atoms with Gasteiger partial charge in [-0.15, -0.1) is 0 Å². The molecule has 1 amide bonds. The number of nitriles is 1. The van der Waals surface area contributed by atoms with Gasteiger partial charge in [0.05, 0.1) is 27.8 Å². The predicted octanol–water partition coefficient (Wildman–Crippen LogP) is 4.31. The molecule has 0 bridgehead atoms. The third-order valence-electron chi connectivity index (χ3n) is 4.62. The number of fused-ring (bicyclic) bond motifs is 3. The predicted molar refractivity (Wildman–Crippen MR) is 107 cm³/mol. The summed E-state index contributed by atoms with van der Waals surface area (Å²) in [5.74, 6) is -1.27. The molecule has 4 rings (SSSR count). The lowest BCUT2D eigenvalue weighted by Crippen LogP contribution is -2.08. The first kappa shape index (κ1) is 17.3. The van der Waals surface area contributed by atoms with Crippen molar-refractivity contribution in [3.05, 3.63) is 71.8 Å². The normalized spacial score (nSPS) is 10.7. The molecule has 0 aliphatic carbocycles. The molecule has 0 radical (unpaired) electrons. The van der Waals surface area contributed by atoms with Gasteiger partial charge >= 0.3 is 5.97 Å². The molecule has 0 saturated heterocycles. The Kier molecular flexibility index (Phi) is 4.06. The second-order valence-corrected chi connectivity index (χ2v) is 6.38. The number of benzene rings is 3. The Hall–Kier alpha value is -4.11. The minimum Gasteiger partial charge on any atom is -0.478 e. The third kappa shape index (κ3) is 2.66. The van der Waals surface area contributed by atoms with Crippen molar-refractivity contribution >= 4 is 39.4 Å². The van der Waals surface area contributed by atoms with Crippen LogP contribution < -0.4 is 5.32 Å². The van der Waals surface area contributed by atoms with Crippen molar-refractivity contribution in [2.75, 3.05) is 5.32 Å². The number of carbonyl (C=O) groups is 2. The van der Waals surface area contributed by atoms with E-state index in [4.69, 9.17) is 0 Å². The molecule has 0 aliphatic heterocycles. The Morgan fingerprint density at radius 1 is 1.04 bits per heavy atom.